The van der Waals surface area contributed by atoms with Crippen LogP contribution in [-0.2, 0) is 4.74 Å². The fraction of sp³-hybridized carbons (Fsp3) is 0.154. The van der Waals surface area contributed by atoms with E-state index in [9.17, 15) is 4.79 Å². The highest BCUT2D eigenvalue weighted by Gasteiger charge is 2.14. The zero-order valence-electron chi connectivity index (χ0n) is 9.71. The average molecular weight is 307 g/mol. The molecule has 2 aromatic heterocycles. The lowest BCUT2D eigenvalue weighted by molar-refractivity contribution is 0.0328. The molecule has 0 aliphatic rings. The number of pyridine rings is 2. The van der Waals surface area contributed by atoms with Crippen LogP contribution in [0.4, 0.5) is 0 Å². The maximum atomic E-state index is 11.9. The summed E-state index contributed by atoms with van der Waals surface area (Å²) in [5, 5.41) is 0. The molecule has 0 aliphatic carbocycles. The van der Waals surface area contributed by atoms with E-state index in [2.05, 4.69) is 25.9 Å². The molecule has 4 nitrogen and oxygen atoms in total. The number of carbonyl (C=O) groups excluding carboxylic acids is 1. The number of nitrogens with zero attached hydrogens (tertiary/aromatic N) is 2. The Morgan fingerprint density at radius 1 is 1.39 bits per heavy atom. The first-order valence-corrected chi connectivity index (χ1v) is 6.18. The van der Waals surface area contributed by atoms with Gasteiger partial charge in [-0.3, -0.25) is 9.97 Å². The summed E-state index contributed by atoms with van der Waals surface area (Å²) in [4.78, 5) is 19.9. The summed E-state index contributed by atoms with van der Waals surface area (Å²) in [7, 11) is 0. The van der Waals surface area contributed by atoms with Gasteiger partial charge in [0.2, 0.25) is 0 Å². The highest BCUT2D eigenvalue weighted by molar-refractivity contribution is 9.10. The summed E-state index contributed by atoms with van der Waals surface area (Å²) in [5.74, 6) is -0.415. The van der Waals surface area contributed by atoms with Crippen molar-refractivity contribution >= 4 is 21.9 Å². The number of esters is 1. The van der Waals surface area contributed by atoms with Crippen molar-refractivity contribution in [3.8, 4) is 0 Å². The maximum absolute atomic E-state index is 11.9. The van der Waals surface area contributed by atoms with Gasteiger partial charge in [-0.25, -0.2) is 4.79 Å². The van der Waals surface area contributed by atoms with E-state index in [0.29, 0.717) is 11.3 Å². The maximum Gasteiger partial charge on any atom is 0.340 e. The van der Waals surface area contributed by atoms with Crippen LogP contribution in [0.2, 0.25) is 0 Å². The molecule has 2 heterocycles. The SMILES string of the molecule is CC(OC(=O)c1cncc(Br)c1)c1ccccn1. The Balaban J connectivity index is 2.08. The van der Waals surface area contributed by atoms with Crippen LogP contribution < -0.4 is 0 Å². The molecule has 18 heavy (non-hydrogen) atoms. The molecule has 1 atom stereocenters. The molecule has 0 aliphatic heterocycles. The highest BCUT2D eigenvalue weighted by atomic mass is 79.9. The number of halogens is 1. The second-order valence-corrected chi connectivity index (χ2v) is 4.61. The molecule has 1 unspecified atom stereocenters. The van der Waals surface area contributed by atoms with E-state index in [1.165, 1.54) is 6.20 Å². The molecule has 0 bridgehead atoms. The fourth-order valence-corrected chi connectivity index (χ4v) is 1.79. The molecule has 2 aromatic rings. The van der Waals surface area contributed by atoms with Gasteiger partial charge in [-0.2, -0.15) is 0 Å². The van der Waals surface area contributed by atoms with Crippen molar-refractivity contribution in [3.63, 3.8) is 0 Å². The van der Waals surface area contributed by atoms with E-state index >= 15 is 0 Å². The molecule has 5 heteroatoms. The molecule has 0 fully saturated rings. The molecular weight excluding hydrogens is 296 g/mol. The van der Waals surface area contributed by atoms with Gasteiger partial charge in [0.05, 0.1) is 11.3 Å². The van der Waals surface area contributed by atoms with Crippen molar-refractivity contribution in [1.29, 1.82) is 0 Å². The quantitative estimate of drug-likeness (QED) is 0.817. The van der Waals surface area contributed by atoms with Gasteiger partial charge >= 0.3 is 5.97 Å². The topological polar surface area (TPSA) is 52.1 Å². The van der Waals surface area contributed by atoms with Gasteiger partial charge in [-0.1, -0.05) is 6.07 Å². The normalized spacial score (nSPS) is 11.9. The standard InChI is InChI=1S/C13H11BrN2O2/c1-9(12-4-2-3-5-16-12)18-13(17)10-6-11(14)8-15-7-10/h2-9H,1H3. The largest absolute Gasteiger partial charge is 0.453 e. The minimum Gasteiger partial charge on any atom is -0.453 e. The van der Waals surface area contributed by atoms with E-state index in [4.69, 9.17) is 4.74 Å². The number of aromatic nitrogens is 2. The Morgan fingerprint density at radius 2 is 2.22 bits per heavy atom. The number of rotatable bonds is 3. The van der Waals surface area contributed by atoms with Crippen LogP contribution in [-0.4, -0.2) is 15.9 Å². The summed E-state index contributed by atoms with van der Waals surface area (Å²) in [6.07, 6.45) is 4.36. The van der Waals surface area contributed by atoms with E-state index in [1.54, 1.807) is 25.4 Å². The van der Waals surface area contributed by atoms with Gasteiger partial charge in [0, 0.05) is 23.1 Å². The lowest BCUT2D eigenvalue weighted by Gasteiger charge is -2.12. The van der Waals surface area contributed by atoms with Crippen LogP contribution in [0.3, 0.4) is 0 Å². The minimum absolute atomic E-state index is 0.391. The van der Waals surface area contributed by atoms with E-state index in [0.717, 1.165) is 4.47 Å². The number of hydrogen-bond acceptors (Lipinski definition) is 4. The molecule has 0 aromatic carbocycles. The van der Waals surface area contributed by atoms with Crippen LogP contribution in [0, 0.1) is 0 Å². The lowest BCUT2D eigenvalue weighted by atomic mass is 10.2. The van der Waals surface area contributed by atoms with E-state index < -0.39 is 12.1 Å². The minimum atomic E-state index is -0.415. The van der Waals surface area contributed by atoms with Crippen molar-refractivity contribution in [1.82, 2.24) is 9.97 Å². The monoisotopic (exact) mass is 306 g/mol. The van der Waals surface area contributed by atoms with Gasteiger partial charge in [0.15, 0.2) is 0 Å². The Labute approximate surface area is 113 Å². The second-order valence-electron chi connectivity index (χ2n) is 3.69. The predicted molar refractivity (Wildman–Crippen MR) is 70.0 cm³/mol. The summed E-state index contributed by atoms with van der Waals surface area (Å²) in [6, 6.07) is 7.15. The molecule has 0 saturated carbocycles. The number of ether oxygens (including phenoxy) is 1. The van der Waals surface area contributed by atoms with Gasteiger partial charge in [0.25, 0.3) is 0 Å². The Kier molecular flexibility index (Phi) is 4.04. The van der Waals surface area contributed by atoms with Crippen LogP contribution >= 0.6 is 15.9 Å². The molecule has 0 spiro atoms. The van der Waals surface area contributed by atoms with Crippen molar-refractivity contribution in [3.05, 3.63) is 58.6 Å². The molecule has 0 radical (unpaired) electrons. The van der Waals surface area contributed by atoms with Crippen LogP contribution in [0.5, 0.6) is 0 Å². The van der Waals surface area contributed by atoms with Crippen LogP contribution in [0.25, 0.3) is 0 Å². The van der Waals surface area contributed by atoms with Crippen molar-refractivity contribution in [2.45, 2.75) is 13.0 Å². The van der Waals surface area contributed by atoms with Crippen molar-refractivity contribution < 1.29 is 9.53 Å². The van der Waals surface area contributed by atoms with E-state index in [-0.39, 0.29) is 0 Å². The molecule has 0 saturated heterocycles. The molecule has 0 N–H and O–H groups in total. The van der Waals surface area contributed by atoms with Gasteiger partial charge in [-0.05, 0) is 41.1 Å². The summed E-state index contributed by atoms with van der Waals surface area (Å²) in [5.41, 5.74) is 1.13. The number of carbonyl (C=O) groups is 1. The highest BCUT2D eigenvalue weighted by Crippen LogP contribution is 2.17. The summed E-state index contributed by atoms with van der Waals surface area (Å²) < 4.78 is 6.05. The fourth-order valence-electron chi connectivity index (χ4n) is 1.43. The molecular formula is C13H11BrN2O2. The van der Waals surface area contributed by atoms with E-state index in [1.807, 2.05) is 18.2 Å². The number of hydrogen-bond donors (Lipinski definition) is 0. The first kappa shape index (κ1) is 12.7. The van der Waals surface area contributed by atoms with Crippen LogP contribution in [0.1, 0.15) is 29.1 Å². The smallest absolute Gasteiger partial charge is 0.340 e. The molecule has 0 amide bonds. The predicted octanol–water partition coefficient (Wildman–Crippen LogP) is 3.16. The lowest BCUT2D eigenvalue weighted by Crippen LogP contribution is -2.10. The third kappa shape index (κ3) is 3.13. The van der Waals surface area contributed by atoms with Gasteiger partial charge < -0.3 is 4.74 Å². The van der Waals surface area contributed by atoms with Crippen LogP contribution in [0.15, 0.2) is 47.3 Å². The van der Waals surface area contributed by atoms with Gasteiger partial charge in [-0.15, -0.1) is 0 Å². The first-order valence-electron chi connectivity index (χ1n) is 5.39. The van der Waals surface area contributed by atoms with Crippen molar-refractivity contribution in [2.24, 2.45) is 0 Å². The van der Waals surface area contributed by atoms with Gasteiger partial charge in [0.1, 0.15) is 6.10 Å². The summed E-state index contributed by atoms with van der Waals surface area (Å²) >= 11 is 3.26. The zero-order valence-corrected chi connectivity index (χ0v) is 11.3. The average Bonchev–Trinajstić information content (AvgIpc) is 2.39. The Bertz CT molecular complexity index is 546. The summed E-state index contributed by atoms with van der Waals surface area (Å²) in [6.45, 7) is 1.78. The van der Waals surface area contributed by atoms with Crippen molar-refractivity contribution in [2.75, 3.05) is 0 Å². The molecule has 2 rings (SSSR count). The Hall–Kier alpha value is -1.75. The molecule has 92 valence electrons. The second kappa shape index (κ2) is 5.73. The zero-order chi connectivity index (χ0) is 13.0. The third-order valence-electron chi connectivity index (χ3n) is 2.33. The Morgan fingerprint density at radius 3 is 2.89 bits per heavy atom. The first-order chi connectivity index (χ1) is 8.66. The third-order valence-corrected chi connectivity index (χ3v) is 2.76.